The quantitative estimate of drug-likeness (QED) is 0.849. The van der Waals surface area contributed by atoms with Crippen LogP contribution in [0.5, 0.6) is 5.75 Å². The Balaban J connectivity index is 2.20. The highest BCUT2D eigenvalue weighted by Gasteiger charge is 2.10. The topological polar surface area (TPSA) is 58.0 Å². The molecule has 2 rings (SSSR count). The molecule has 17 heavy (non-hydrogen) atoms. The minimum atomic E-state index is 0.000833. The Bertz CT molecular complexity index is 499. The number of aromatic hydroxyl groups is 1. The predicted molar refractivity (Wildman–Crippen MR) is 66.9 cm³/mol. The van der Waals surface area contributed by atoms with Gasteiger partial charge in [0.2, 0.25) is 0 Å². The predicted octanol–water partition coefficient (Wildman–Crippen LogP) is 2.66. The van der Waals surface area contributed by atoms with Crippen LogP contribution in [0, 0.1) is 6.92 Å². The van der Waals surface area contributed by atoms with E-state index in [0.29, 0.717) is 5.75 Å². The van der Waals surface area contributed by atoms with Gasteiger partial charge in [-0.3, -0.25) is 0 Å². The molecule has 0 amide bonds. The first kappa shape index (κ1) is 11.4. The summed E-state index contributed by atoms with van der Waals surface area (Å²) in [7, 11) is 0. The van der Waals surface area contributed by atoms with E-state index in [9.17, 15) is 5.11 Å². The third-order valence-corrected chi connectivity index (χ3v) is 2.59. The fourth-order valence-corrected chi connectivity index (χ4v) is 1.72. The largest absolute Gasteiger partial charge is 0.508 e. The maximum absolute atomic E-state index is 9.81. The lowest BCUT2D eigenvalue weighted by atomic mass is 10.0. The molecule has 0 fully saturated rings. The van der Waals surface area contributed by atoms with Gasteiger partial charge in [0.15, 0.2) is 0 Å². The van der Waals surface area contributed by atoms with E-state index in [1.54, 1.807) is 18.5 Å². The molecule has 1 heterocycles. The number of nitrogens with one attached hydrogen (secondary N) is 1. The molecular formula is C13H15N3O. The zero-order valence-corrected chi connectivity index (χ0v) is 9.88. The zero-order chi connectivity index (χ0) is 12.3. The van der Waals surface area contributed by atoms with Crippen LogP contribution in [-0.2, 0) is 0 Å². The second-order valence-corrected chi connectivity index (χ2v) is 4.06. The fourth-order valence-electron chi connectivity index (χ4n) is 1.72. The number of rotatable bonds is 3. The first-order valence-electron chi connectivity index (χ1n) is 5.48. The summed E-state index contributed by atoms with van der Waals surface area (Å²) < 4.78 is 0. The summed E-state index contributed by atoms with van der Waals surface area (Å²) in [5, 5.41) is 13.1. The summed E-state index contributed by atoms with van der Waals surface area (Å²) in [5.41, 5.74) is 2.82. The van der Waals surface area contributed by atoms with Crippen LogP contribution < -0.4 is 5.32 Å². The highest BCUT2D eigenvalue weighted by atomic mass is 16.3. The van der Waals surface area contributed by atoms with Gasteiger partial charge >= 0.3 is 0 Å². The van der Waals surface area contributed by atoms with Gasteiger partial charge in [-0.1, -0.05) is 17.7 Å². The maximum atomic E-state index is 9.81. The van der Waals surface area contributed by atoms with E-state index in [0.717, 1.165) is 16.8 Å². The highest BCUT2D eigenvalue weighted by Crippen LogP contribution is 2.27. The van der Waals surface area contributed by atoms with Gasteiger partial charge in [0.05, 0.1) is 24.1 Å². The van der Waals surface area contributed by atoms with Gasteiger partial charge in [0, 0.05) is 5.56 Å². The zero-order valence-electron chi connectivity index (χ0n) is 9.88. The minimum absolute atomic E-state index is 0.000833. The third-order valence-electron chi connectivity index (χ3n) is 2.59. The van der Waals surface area contributed by atoms with Crippen LogP contribution in [0.3, 0.4) is 0 Å². The number of nitrogens with zero attached hydrogens (tertiary/aromatic N) is 2. The van der Waals surface area contributed by atoms with Gasteiger partial charge in [-0.2, -0.15) is 0 Å². The molecule has 0 aliphatic heterocycles. The Kier molecular flexibility index (Phi) is 3.23. The molecule has 1 aromatic carbocycles. The Morgan fingerprint density at radius 2 is 1.94 bits per heavy atom. The smallest absolute Gasteiger partial charge is 0.120 e. The van der Waals surface area contributed by atoms with Crippen LogP contribution in [0.15, 0.2) is 36.9 Å². The molecule has 2 N–H and O–H groups in total. The average molecular weight is 229 g/mol. The van der Waals surface area contributed by atoms with E-state index in [1.807, 2.05) is 26.0 Å². The van der Waals surface area contributed by atoms with Crippen LogP contribution in [0.1, 0.15) is 24.1 Å². The fraction of sp³-hybridized carbons (Fsp3) is 0.231. The first-order valence-corrected chi connectivity index (χ1v) is 5.48. The molecule has 0 aliphatic rings. The van der Waals surface area contributed by atoms with Crippen LogP contribution in [0.25, 0.3) is 0 Å². The monoisotopic (exact) mass is 229 g/mol. The van der Waals surface area contributed by atoms with E-state index in [-0.39, 0.29) is 6.04 Å². The van der Waals surface area contributed by atoms with Crippen molar-refractivity contribution in [3.05, 3.63) is 48.0 Å². The number of aryl methyl sites for hydroxylation is 1. The van der Waals surface area contributed by atoms with Gasteiger partial charge < -0.3 is 10.4 Å². The van der Waals surface area contributed by atoms with Gasteiger partial charge in [0.25, 0.3) is 0 Å². The van der Waals surface area contributed by atoms with Gasteiger partial charge in [-0.15, -0.1) is 0 Å². The minimum Gasteiger partial charge on any atom is -0.508 e. The summed E-state index contributed by atoms with van der Waals surface area (Å²) in [4.78, 5) is 7.87. The molecule has 2 aromatic rings. The molecule has 88 valence electrons. The summed E-state index contributed by atoms with van der Waals surface area (Å²) in [6, 6.07) is 5.57. The van der Waals surface area contributed by atoms with Crippen LogP contribution >= 0.6 is 0 Å². The SMILES string of the molecule is Cc1ccc(O)c(C(C)Nc2cncnc2)c1. The summed E-state index contributed by atoms with van der Waals surface area (Å²) in [6.45, 7) is 3.99. The van der Waals surface area contributed by atoms with Crippen molar-refractivity contribution in [2.75, 3.05) is 5.32 Å². The van der Waals surface area contributed by atoms with Crippen molar-refractivity contribution < 1.29 is 5.11 Å². The molecule has 4 heteroatoms. The normalized spacial score (nSPS) is 12.1. The Labute approximate surface area is 100 Å². The van der Waals surface area contributed by atoms with Gasteiger partial charge in [-0.25, -0.2) is 9.97 Å². The molecule has 1 atom stereocenters. The van der Waals surface area contributed by atoms with Crippen molar-refractivity contribution in [2.45, 2.75) is 19.9 Å². The van der Waals surface area contributed by atoms with Crippen LogP contribution in [0.4, 0.5) is 5.69 Å². The molecule has 1 aromatic heterocycles. The number of benzene rings is 1. The first-order chi connectivity index (χ1) is 8.16. The van der Waals surface area contributed by atoms with Crippen molar-refractivity contribution >= 4 is 5.69 Å². The Morgan fingerprint density at radius 1 is 1.24 bits per heavy atom. The lowest BCUT2D eigenvalue weighted by molar-refractivity contribution is 0.465. The molecule has 0 saturated carbocycles. The molecule has 1 unspecified atom stereocenters. The Morgan fingerprint density at radius 3 is 2.65 bits per heavy atom. The van der Waals surface area contributed by atoms with Gasteiger partial charge in [0.1, 0.15) is 12.1 Å². The van der Waals surface area contributed by atoms with Crippen molar-refractivity contribution in [1.29, 1.82) is 0 Å². The van der Waals surface area contributed by atoms with E-state index >= 15 is 0 Å². The second-order valence-electron chi connectivity index (χ2n) is 4.06. The van der Waals surface area contributed by atoms with Crippen LogP contribution in [-0.4, -0.2) is 15.1 Å². The van der Waals surface area contributed by atoms with Gasteiger partial charge in [-0.05, 0) is 19.9 Å². The number of aromatic nitrogens is 2. The number of anilines is 1. The lowest BCUT2D eigenvalue weighted by Gasteiger charge is -2.16. The number of phenols is 1. The van der Waals surface area contributed by atoms with Crippen molar-refractivity contribution in [2.24, 2.45) is 0 Å². The molecular weight excluding hydrogens is 214 g/mol. The average Bonchev–Trinajstić information content (AvgIpc) is 2.33. The van der Waals surface area contributed by atoms with E-state index < -0.39 is 0 Å². The molecule has 0 aliphatic carbocycles. The van der Waals surface area contributed by atoms with Crippen molar-refractivity contribution in [1.82, 2.24) is 9.97 Å². The maximum Gasteiger partial charge on any atom is 0.120 e. The molecule has 0 saturated heterocycles. The molecule has 4 nitrogen and oxygen atoms in total. The number of hydrogen-bond acceptors (Lipinski definition) is 4. The highest BCUT2D eigenvalue weighted by molar-refractivity contribution is 5.45. The number of phenolic OH excluding ortho intramolecular Hbond substituents is 1. The van der Waals surface area contributed by atoms with E-state index in [2.05, 4.69) is 15.3 Å². The third kappa shape index (κ3) is 2.72. The number of hydrogen-bond donors (Lipinski definition) is 2. The Hall–Kier alpha value is -2.10. The van der Waals surface area contributed by atoms with Crippen molar-refractivity contribution in [3.8, 4) is 5.75 Å². The summed E-state index contributed by atoms with van der Waals surface area (Å²) in [5.74, 6) is 0.299. The standard InChI is InChI=1S/C13H15N3O/c1-9-3-4-13(17)12(5-9)10(2)16-11-6-14-8-15-7-11/h3-8,10,16-17H,1-2H3. The second kappa shape index (κ2) is 4.82. The van der Waals surface area contributed by atoms with E-state index in [1.165, 1.54) is 6.33 Å². The molecule has 0 bridgehead atoms. The van der Waals surface area contributed by atoms with Crippen LogP contribution in [0.2, 0.25) is 0 Å². The van der Waals surface area contributed by atoms with E-state index in [4.69, 9.17) is 0 Å². The summed E-state index contributed by atoms with van der Waals surface area (Å²) >= 11 is 0. The van der Waals surface area contributed by atoms with Crippen molar-refractivity contribution in [3.63, 3.8) is 0 Å². The molecule has 0 spiro atoms. The lowest BCUT2D eigenvalue weighted by Crippen LogP contribution is -2.07. The molecule has 0 radical (unpaired) electrons. The summed E-state index contributed by atoms with van der Waals surface area (Å²) in [6.07, 6.45) is 4.90.